The number of hydrogen-bond donors (Lipinski definition) is 2. The molecule has 0 aliphatic heterocycles. The van der Waals surface area contributed by atoms with Crippen LogP contribution in [0, 0.1) is 4.77 Å². The maximum absolute atomic E-state index is 12.9. The standard InChI is InChI=1S/C18H18N4O2S2/c1-21(2)11-8-6-10(7-9-11)15(23)20-22-17(24)14-12-4-3-5-13(12)26-16(14)19-18(22)25/h6-9H,3-5H2,1-2H3,(H,19,25)(H,20,23). The fourth-order valence-corrected chi connectivity index (χ4v) is 4.83. The van der Waals surface area contributed by atoms with Gasteiger partial charge in [0.05, 0.1) is 5.39 Å². The minimum absolute atomic E-state index is 0.195. The van der Waals surface area contributed by atoms with E-state index in [1.54, 1.807) is 23.5 Å². The number of anilines is 1. The van der Waals surface area contributed by atoms with E-state index in [2.05, 4.69) is 10.4 Å². The van der Waals surface area contributed by atoms with Gasteiger partial charge in [-0.15, -0.1) is 11.3 Å². The summed E-state index contributed by atoms with van der Waals surface area (Å²) < 4.78 is 1.34. The van der Waals surface area contributed by atoms with E-state index in [0.717, 1.165) is 40.0 Å². The number of rotatable bonds is 3. The van der Waals surface area contributed by atoms with E-state index in [1.807, 2.05) is 31.1 Å². The Hall–Kier alpha value is -2.45. The van der Waals surface area contributed by atoms with Crippen LogP contribution in [-0.4, -0.2) is 29.7 Å². The Bertz CT molecular complexity index is 1120. The SMILES string of the molecule is CN(C)c1ccc(C(=O)Nn2c(=S)[nH]c3sc4c(c3c2=O)CCC4)cc1. The lowest BCUT2D eigenvalue weighted by molar-refractivity contribution is 0.101. The number of nitrogens with zero attached hydrogens (tertiary/aromatic N) is 2. The van der Waals surface area contributed by atoms with Gasteiger partial charge >= 0.3 is 0 Å². The Balaban J connectivity index is 1.72. The molecule has 0 unspecified atom stereocenters. The first-order valence-electron chi connectivity index (χ1n) is 8.34. The van der Waals surface area contributed by atoms with Crippen LogP contribution in [0.25, 0.3) is 10.2 Å². The number of fused-ring (bicyclic) bond motifs is 3. The van der Waals surface area contributed by atoms with Crippen molar-refractivity contribution in [3.05, 3.63) is 55.4 Å². The highest BCUT2D eigenvalue weighted by molar-refractivity contribution is 7.71. The van der Waals surface area contributed by atoms with Gasteiger partial charge in [-0.05, 0) is 61.3 Å². The predicted molar refractivity (Wildman–Crippen MR) is 108 cm³/mol. The fourth-order valence-electron chi connectivity index (χ4n) is 3.25. The molecule has 1 aromatic carbocycles. The van der Waals surface area contributed by atoms with E-state index in [9.17, 15) is 9.59 Å². The largest absolute Gasteiger partial charge is 0.378 e. The summed E-state index contributed by atoms with van der Waals surface area (Å²) in [7, 11) is 3.87. The van der Waals surface area contributed by atoms with Crippen molar-refractivity contribution >= 4 is 45.4 Å². The highest BCUT2D eigenvalue weighted by atomic mass is 32.1. The van der Waals surface area contributed by atoms with Gasteiger partial charge in [-0.25, -0.2) is 0 Å². The molecule has 0 spiro atoms. The Morgan fingerprint density at radius 2 is 2.00 bits per heavy atom. The molecule has 4 rings (SSSR count). The summed E-state index contributed by atoms with van der Waals surface area (Å²) in [5.74, 6) is -0.372. The number of aryl methyl sites for hydroxylation is 2. The van der Waals surface area contributed by atoms with E-state index in [4.69, 9.17) is 12.2 Å². The molecule has 2 heterocycles. The van der Waals surface area contributed by atoms with Crippen molar-refractivity contribution in [1.82, 2.24) is 9.66 Å². The van der Waals surface area contributed by atoms with Crippen molar-refractivity contribution in [3.63, 3.8) is 0 Å². The number of hydrogen-bond acceptors (Lipinski definition) is 5. The monoisotopic (exact) mass is 386 g/mol. The van der Waals surface area contributed by atoms with Gasteiger partial charge in [0.1, 0.15) is 4.83 Å². The van der Waals surface area contributed by atoms with Crippen LogP contribution in [0.15, 0.2) is 29.1 Å². The van der Waals surface area contributed by atoms with Gasteiger partial charge < -0.3 is 9.88 Å². The molecule has 2 N–H and O–H groups in total. The molecule has 2 aromatic heterocycles. The van der Waals surface area contributed by atoms with Crippen molar-refractivity contribution < 1.29 is 4.79 Å². The average Bonchev–Trinajstić information content (AvgIpc) is 3.19. The molecule has 1 amide bonds. The fraction of sp³-hybridized carbons (Fsp3) is 0.278. The quantitative estimate of drug-likeness (QED) is 0.679. The highest BCUT2D eigenvalue weighted by Crippen LogP contribution is 2.34. The van der Waals surface area contributed by atoms with E-state index in [0.29, 0.717) is 10.9 Å². The summed E-state index contributed by atoms with van der Waals surface area (Å²) in [6.07, 6.45) is 2.96. The molecule has 0 bridgehead atoms. The van der Waals surface area contributed by atoms with Crippen LogP contribution < -0.4 is 15.9 Å². The van der Waals surface area contributed by atoms with E-state index in [-0.39, 0.29) is 16.2 Å². The second-order valence-corrected chi connectivity index (χ2v) is 8.01. The van der Waals surface area contributed by atoms with Gasteiger partial charge in [-0.2, -0.15) is 4.68 Å². The van der Waals surface area contributed by atoms with Gasteiger partial charge in [0.25, 0.3) is 11.5 Å². The second kappa shape index (κ2) is 6.37. The molecule has 3 aromatic rings. The number of nitrogens with one attached hydrogen (secondary N) is 2. The predicted octanol–water partition coefficient (Wildman–Crippen LogP) is 3.06. The lowest BCUT2D eigenvalue weighted by Gasteiger charge is -2.13. The molecule has 134 valence electrons. The lowest BCUT2D eigenvalue weighted by Crippen LogP contribution is -2.34. The van der Waals surface area contributed by atoms with Crippen molar-refractivity contribution in [1.29, 1.82) is 0 Å². The van der Waals surface area contributed by atoms with Crippen LogP contribution >= 0.6 is 23.6 Å². The minimum Gasteiger partial charge on any atom is -0.378 e. The molecule has 0 saturated heterocycles. The van der Waals surface area contributed by atoms with Crippen LogP contribution in [-0.2, 0) is 12.8 Å². The number of carbonyl (C=O) groups is 1. The zero-order valence-electron chi connectivity index (χ0n) is 14.5. The topological polar surface area (TPSA) is 70.1 Å². The summed E-state index contributed by atoms with van der Waals surface area (Å²) in [5.41, 5.74) is 4.93. The summed E-state index contributed by atoms with van der Waals surface area (Å²) in [5, 5.41) is 0.652. The van der Waals surface area contributed by atoms with Crippen LogP contribution in [0.2, 0.25) is 0 Å². The second-order valence-electron chi connectivity index (χ2n) is 6.51. The number of carbonyl (C=O) groups excluding carboxylic acids is 1. The number of thiophene rings is 1. The third-order valence-electron chi connectivity index (χ3n) is 4.62. The molecule has 6 nitrogen and oxygen atoms in total. The Labute approximate surface area is 159 Å². The highest BCUT2D eigenvalue weighted by Gasteiger charge is 2.22. The van der Waals surface area contributed by atoms with Gasteiger partial charge in [0.15, 0.2) is 0 Å². The Kier molecular flexibility index (Phi) is 4.16. The van der Waals surface area contributed by atoms with Crippen LogP contribution in [0.5, 0.6) is 0 Å². The molecule has 26 heavy (non-hydrogen) atoms. The maximum Gasteiger partial charge on any atom is 0.282 e. The van der Waals surface area contributed by atoms with Gasteiger partial charge in [0.2, 0.25) is 4.77 Å². The normalized spacial score (nSPS) is 13.0. The van der Waals surface area contributed by atoms with Crippen LogP contribution in [0.3, 0.4) is 0 Å². The third-order valence-corrected chi connectivity index (χ3v) is 6.11. The zero-order valence-corrected chi connectivity index (χ0v) is 16.1. The van der Waals surface area contributed by atoms with Crippen LogP contribution in [0.4, 0.5) is 5.69 Å². The summed E-state index contributed by atoms with van der Waals surface area (Å²) in [4.78, 5) is 32.6. The summed E-state index contributed by atoms with van der Waals surface area (Å²) >= 11 is 6.88. The van der Waals surface area contributed by atoms with E-state index in [1.165, 1.54) is 4.88 Å². The molecule has 0 saturated carbocycles. The maximum atomic E-state index is 12.9. The first-order valence-corrected chi connectivity index (χ1v) is 9.56. The lowest BCUT2D eigenvalue weighted by atomic mass is 10.2. The van der Waals surface area contributed by atoms with Gasteiger partial charge in [-0.1, -0.05) is 0 Å². The zero-order chi connectivity index (χ0) is 18.4. The number of aromatic amines is 1. The van der Waals surface area contributed by atoms with Gasteiger partial charge in [0, 0.05) is 30.2 Å². The van der Waals surface area contributed by atoms with Crippen molar-refractivity contribution in [3.8, 4) is 0 Å². The van der Waals surface area contributed by atoms with Crippen molar-refractivity contribution in [2.24, 2.45) is 0 Å². The van der Waals surface area contributed by atoms with E-state index < -0.39 is 0 Å². The smallest absolute Gasteiger partial charge is 0.282 e. The van der Waals surface area contributed by atoms with Crippen molar-refractivity contribution in [2.75, 3.05) is 24.4 Å². The molecular weight excluding hydrogens is 368 g/mol. The number of benzene rings is 1. The number of H-pyrrole nitrogens is 1. The minimum atomic E-state index is -0.372. The Morgan fingerprint density at radius 1 is 1.27 bits per heavy atom. The Morgan fingerprint density at radius 3 is 2.69 bits per heavy atom. The summed E-state index contributed by atoms with van der Waals surface area (Å²) in [6, 6.07) is 7.16. The van der Waals surface area contributed by atoms with Crippen molar-refractivity contribution in [2.45, 2.75) is 19.3 Å². The first kappa shape index (κ1) is 17.0. The first-order chi connectivity index (χ1) is 12.5. The molecule has 1 aliphatic carbocycles. The molecular formula is C18H18N4O2S2. The molecule has 0 fully saturated rings. The number of aromatic nitrogens is 2. The van der Waals surface area contributed by atoms with Crippen LogP contribution in [0.1, 0.15) is 27.2 Å². The molecule has 8 heteroatoms. The molecule has 0 atom stereocenters. The summed E-state index contributed by atoms with van der Waals surface area (Å²) in [6.45, 7) is 0. The van der Waals surface area contributed by atoms with E-state index >= 15 is 0 Å². The third kappa shape index (κ3) is 2.75. The van der Waals surface area contributed by atoms with Gasteiger partial charge in [-0.3, -0.25) is 15.0 Å². The average molecular weight is 387 g/mol. The number of amides is 1. The molecule has 1 aliphatic rings. The molecule has 0 radical (unpaired) electrons.